The van der Waals surface area contributed by atoms with E-state index in [1.165, 1.54) is 0 Å². The summed E-state index contributed by atoms with van der Waals surface area (Å²) in [4.78, 5) is 7.06. The molecule has 2 rings (SSSR count). The van der Waals surface area contributed by atoms with Crippen LogP contribution in [0.1, 0.15) is 24.2 Å². The summed E-state index contributed by atoms with van der Waals surface area (Å²) in [6.45, 7) is 2.79. The summed E-state index contributed by atoms with van der Waals surface area (Å²) < 4.78 is 16.1. The Labute approximate surface area is 124 Å². The zero-order valence-corrected chi connectivity index (χ0v) is 12.8. The largest absolute Gasteiger partial charge is 0.493 e. The van der Waals surface area contributed by atoms with Crippen LogP contribution < -0.4 is 19.5 Å². The van der Waals surface area contributed by atoms with Crippen LogP contribution in [0.5, 0.6) is 17.2 Å². The zero-order chi connectivity index (χ0) is 15.2. The van der Waals surface area contributed by atoms with Crippen LogP contribution >= 0.6 is 0 Å². The SMILES string of the molecule is COc1cc(C(C)NCc2cnc[nH]2)cc(OC)c1OC. The van der Waals surface area contributed by atoms with Crippen molar-refractivity contribution in [3.8, 4) is 17.2 Å². The van der Waals surface area contributed by atoms with E-state index in [1.807, 2.05) is 12.1 Å². The molecule has 6 nitrogen and oxygen atoms in total. The van der Waals surface area contributed by atoms with Gasteiger partial charge in [-0.3, -0.25) is 0 Å². The van der Waals surface area contributed by atoms with Gasteiger partial charge in [0.2, 0.25) is 5.75 Å². The van der Waals surface area contributed by atoms with Crippen molar-refractivity contribution in [1.29, 1.82) is 0 Å². The summed E-state index contributed by atoms with van der Waals surface area (Å²) in [7, 11) is 4.83. The minimum absolute atomic E-state index is 0.127. The van der Waals surface area contributed by atoms with Gasteiger partial charge in [0.15, 0.2) is 11.5 Å². The third kappa shape index (κ3) is 3.46. The van der Waals surface area contributed by atoms with E-state index >= 15 is 0 Å². The van der Waals surface area contributed by atoms with Crippen LogP contribution in [0.3, 0.4) is 0 Å². The molecule has 0 bridgehead atoms. The molecule has 1 aromatic carbocycles. The summed E-state index contributed by atoms with van der Waals surface area (Å²) in [6.07, 6.45) is 3.47. The quantitative estimate of drug-likeness (QED) is 0.819. The molecule has 1 unspecified atom stereocenters. The number of rotatable bonds is 7. The standard InChI is InChI=1S/C15H21N3O3/c1-10(17-8-12-7-16-9-18-12)11-5-13(19-2)15(21-4)14(6-11)20-3/h5-7,9-10,17H,8H2,1-4H3,(H,16,18). The maximum atomic E-state index is 5.37. The minimum atomic E-state index is 0.127. The first-order valence-electron chi connectivity index (χ1n) is 6.70. The van der Waals surface area contributed by atoms with Crippen LogP contribution in [0.2, 0.25) is 0 Å². The Morgan fingerprint density at radius 2 is 1.81 bits per heavy atom. The molecule has 6 heteroatoms. The molecule has 0 aliphatic rings. The minimum Gasteiger partial charge on any atom is -0.493 e. The highest BCUT2D eigenvalue weighted by atomic mass is 16.5. The van der Waals surface area contributed by atoms with Gasteiger partial charge in [-0.15, -0.1) is 0 Å². The highest BCUT2D eigenvalue weighted by Gasteiger charge is 2.16. The summed E-state index contributed by atoms with van der Waals surface area (Å²) in [6, 6.07) is 4.03. The molecule has 0 amide bonds. The van der Waals surface area contributed by atoms with Gasteiger partial charge in [-0.2, -0.15) is 0 Å². The van der Waals surface area contributed by atoms with Crippen molar-refractivity contribution in [3.05, 3.63) is 35.9 Å². The second-order valence-electron chi connectivity index (χ2n) is 4.64. The average Bonchev–Trinajstić information content (AvgIpc) is 3.04. The van der Waals surface area contributed by atoms with Gasteiger partial charge < -0.3 is 24.5 Å². The van der Waals surface area contributed by atoms with Crippen molar-refractivity contribution in [1.82, 2.24) is 15.3 Å². The molecular formula is C15H21N3O3. The Kier molecular flexibility index (Phi) is 5.05. The molecule has 1 heterocycles. The number of methoxy groups -OCH3 is 3. The van der Waals surface area contributed by atoms with Gasteiger partial charge in [0.25, 0.3) is 0 Å². The molecule has 0 fully saturated rings. The van der Waals surface area contributed by atoms with Gasteiger partial charge in [-0.25, -0.2) is 4.98 Å². The molecule has 0 saturated heterocycles. The maximum absolute atomic E-state index is 5.37. The number of aromatic amines is 1. The Bertz CT molecular complexity index is 545. The normalized spacial score (nSPS) is 12.0. The number of hydrogen-bond acceptors (Lipinski definition) is 5. The molecule has 2 N–H and O–H groups in total. The van der Waals surface area contributed by atoms with Crippen molar-refractivity contribution in [2.75, 3.05) is 21.3 Å². The number of nitrogens with zero attached hydrogens (tertiary/aromatic N) is 1. The molecule has 114 valence electrons. The molecule has 21 heavy (non-hydrogen) atoms. The van der Waals surface area contributed by atoms with E-state index in [0.29, 0.717) is 23.8 Å². The van der Waals surface area contributed by atoms with Gasteiger partial charge in [-0.1, -0.05) is 0 Å². The Morgan fingerprint density at radius 3 is 2.29 bits per heavy atom. The lowest BCUT2D eigenvalue weighted by Gasteiger charge is -2.18. The van der Waals surface area contributed by atoms with Crippen molar-refractivity contribution in [2.45, 2.75) is 19.5 Å². The molecule has 1 atom stereocenters. The second kappa shape index (κ2) is 6.99. The van der Waals surface area contributed by atoms with E-state index in [1.54, 1.807) is 33.9 Å². The zero-order valence-electron chi connectivity index (χ0n) is 12.8. The number of nitrogens with one attached hydrogen (secondary N) is 2. The topological polar surface area (TPSA) is 68.4 Å². The first-order valence-corrected chi connectivity index (χ1v) is 6.70. The van der Waals surface area contributed by atoms with Gasteiger partial charge in [0, 0.05) is 24.5 Å². The highest BCUT2D eigenvalue weighted by Crippen LogP contribution is 2.39. The van der Waals surface area contributed by atoms with Gasteiger partial charge in [-0.05, 0) is 24.6 Å². The maximum Gasteiger partial charge on any atom is 0.203 e. The van der Waals surface area contributed by atoms with E-state index in [0.717, 1.165) is 11.3 Å². The molecule has 0 aliphatic carbocycles. The van der Waals surface area contributed by atoms with Crippen molar-refractivity contribution in [3.63, 3.8) is 0 Å². The number of H-pyrrole nitrogens is 1. The van der Waals surface area contributed by atoms with E-state index < -0.39 is 0 Å². The van der Waals surface area contributed by atoms with Crippen LogP contribution in [0.4, 0.5) is 0 Å². The number of aromatic nitrogens is 2. The van der Waals surface area contributed by atoms with Gasteiger partial charge in [0.1, 0.15) is 0 Å². The molecular weight excluding hydrogens is 270 g/mol. The van der Waals surface area contributed by atoms with Crippen molar-refractivity contribution >= 4 is 0 Å². The molecule has 0 radical (unpaired) electrons. The molecule has 0 aliphatic heterocycles. The van der Waals surface area contributed by atoms with E-state index in [4.69, 9.17) is 14.2 Å². The van der Waals surface area contributed by atoms with E-state index in [2.05, 4.69) is 22.2 Å². The first-order chi connectivity index (χ1) is 10.2. The predicted octanol–water partition coefficient (Wildman–Crippen LogP) is 2.29. The fraction of sp³-hybridized carbons (Fsp3) is 0.400. The Balaban J connectivity index is 2.18. The molecule has 2 aromatic rings. The summed E-state index contributed by atoms with van der Waals surface area (Å²) >= 11 is 0. The number of ether oxygens (including phenoxy) is 3. The van der Waals surface area contributed by atoms with Crippen molar-refractivity contribution in [2.24, 2.45) is 0 Å². The van der Waals surface area contributed by atoms with Gasteiger partial charge in [0.05, 0.1) is 27.7 Å². The third-order valence-corrected chi connectivity index (χ3v) is 3.34. The highest BCUT2D eigenvalue weighted by molar-refractivity contribution is 5.54. The number of hydrogen-bond donors (Lipinski definition) is 2. The van der Waals surface area contributed by atoms with Gasteiger partial charge >= 0.3 is 0 Å². The number of imidazole rings is 1. The monoisotopic (exact) mass is 291 g/mol. The predicted molar refractivity (Wildman–Crippen MR) is 79.9 cm³/mol. The van der Waals surface area contributed by atoms with Crippen molar-refractivity contribution < 1.29 is 14.2 Å². The fourth-order valence-electron chi connectivity index (χ4n) is 2.11. The van der Waals surface area contributed by atoms with Crippen LogP contribution in [-0.4, -0.2) is 31.3 Å². The molecule has 1 aromatic heterocycles. The first kappa shape index (κ1) is 15.2. The van der Waals surface area contributed by atoms with Crippen LogP contribution in [0.15, 0.2) is 24.7 Å². The Hall–Kier alpha value is -2.21. The molecule has 0 saturated carbocycles. The summed E-state index contributed by atoms with van der Waals surface area (Å²) in [5.74, 6) is 1.91. The van der Waals surface area contributed by atoms with E-state index in [-0.39, 0.29) is 6.04 Å². The van der Waals surface area contributed by atoms with E-state index in [9.17, 15) is 0 Å². The molecule has 0 spiro atoms. The van der Waals surface area contributed by atoms with Crippen LogP contribution in [0, 0.1) is 0 Å². The smallest absolute Gasteiger partial charge is 0.203 e. The lowest BCUT2D eigenvalue weighted by atomic mass is 10.1. The van der Waals surface area contributed by atoms with Crippen LogP contribution in [0.25, 0.3) is 0 Å². The fourth-order valence-corrected chi connectivity index (χ4v) is 2.11. The second-order valence-corrected chi connectivity index (χ2v) is 4.64. The lowest BCUT2D eigenvalue weighted by molar-refractivity contribution is 0.323. The lowest BCUT2D eigenvalue weighted by Crippen LogP contribution is -2.18. The summed E-state index contributed by atoms with van der Waals surface area (Å²) in [5, 5.41) is 3.42. The Morgan fingerprint density at radius 1 is 1.14 bits per heavy atom. The summed E-state index contributed by atoms with van der Waals surface area (Å²) in [5.41, 5.74) is 2.10. The average molecular weight is 291 g/mol. The number of benzene rings is 1. The third-order valence-electron chi connectivity index (χ3n) is 3.34. The van der Waals surface area contributed by atoms with Crippen LogP contribution in [-0.2, 0) is 6.54 Å².